The number of anilines is 1. The van der Waals surface area contributed by atoms with Gasteiger partial charge >= 0.3 is 0 Å². The summed E-state index contributed by atoms with van der Waals surface area (Å²) in [7, 11) is 3.22. The number of ketones is 1. The molecule has 27 heavy (non-hydrogen) atoms. The van der Waals surface area contributed by atoms with Crippen molar-refractivity contribution in [3.05, 3.63) is 53.1 Å². The van der Waals surface area contributed by atoms with Crippen LogP contribution >= 0.6 is 0 Å². The van der Waals surface area contributed by atoms with Gasteiger partial charge in [-0.1, -0.05) is 18.6 Å². The molecule has 0 bridgehead atoms. The first-order chi connectivity index (χ1) is 13.0. The number of carbonyl (C=O) groups is 2. The third-order valence-electron chi connectivity index (χ3n) is 5.85. The minimum Gasteiger partial charge on any atom is -0.497 e. The van der Waals surface area contributed by atoms with Gasteiger partial charge in [0, 0.05) is 5.56 Å². The van der Waals surface area contributed by atoms with E-state index in [2.05, 4.69) is 0 Å². The number of amides is 1. The maximum absolute atomic E-state index is 13.4. The Morgan fingerprint density at radius 2 is 1.81 bits per heavy atom. The summed E-state index contributed by atoms with van der Waals surface area (Å²) in [5, 5.41) is 0. The first kappa shape index (κ1) is 17.6. The molecule has 1 saturated carbocycles. The van der Waals surface area contributed by atoms with Gasteiger partial charge in [0.25, 0.3) is 0 Å². The smallest absolute Gasteiger partial charge is 0.238 e. The highest BCUT2D eigenvalue weighted by atomic mass is 16.5. The average Bonchev–Trinajstić information content (AvgIpc) is 2.90. The Labute approximate surface area is 158 Å². The van der Waals surface area contributed by atoms with Crippen LogP contribution in [0.1, 0.15) is 47.7 Å². The van der Waals surface area contributed by atoms with Crippen molar-refractivity contribution in [1.82, 2.24) is 0 Å². The van der Waals surface area contributed by atoms with Crippen LogP contribution in [0.3, 0.4) is 0 Å². The fourth-order valence-electron chi connectivity index (χ4n) is 4.16. The molecule has 0 N–H and O–H groups in total. The average molecular weight is 365 g/mol. The number of ether oxygens (including phenoxy) is 2. The zero-order valence-corrected chi connectivity index (χ0v) is 15.9. The number of fused-ring (bicyclic) bond motifs is 2. The standard InChI is InChI=1S/C22H23NO4/c1-14(24)16-11-18-20(19(12-16)27-3)23(21(25)22(18)9-4-10-22)13-15-5-7-17(26-2)8-6-15/h5-8,11-12H,4,9-10,13H2,1-3H3. The predicted octanol–water partition coefficient (Wildman–Crippen LogP) is 3.87. The van der Waals surface area contributed by atoms with Gasteiger partial charge < -0.3 is 14.4 Å². The normalized spacial score (nSPS) is 16.9. The second-order valence-corrected chi connectivity index (χ2v) is 7.31. The molecule has 1 fully saturated rings. The van der Waals surface area contributed by atoms with Gasteiger partial charge in [-0.2, -0.15) is 0 Å². The van der Waals surface area contributed by atoms with Crippen molar-refractivity contribution in [2.45, 2.75) is 38.1 Å². The number of hydrogen-bond donors (Lipinski definition) is 0. The molecule has 0 aromatic heterocycles. The molecule has 2 aromatic rings. The lowest BCUT2D eigenvalue weighted by molar-refractivity contribution is -0.126. The van der Waals surface area contributed by atoms with Crippen molar-refractivity contribution in [2.75, 3.05) is 19.1 Å². The maximum atomic E-state index is 13.4. The highest BCUT2D eigenvalue weighted by Crippen LogP contribution is 2.56. The summed E-state index contributed by atoms with van der Waals surface area (Å²) in [5.41, 5.74) is 2.86. The Hall–Kier alpha value is -2.82. The molecule has 4 rings (SSSR count). The topological polar surface area (TPSA) is 55.8 Å². The van der Waals surface area contributed by atoms with Gasteiger partial charge in [-0.05, 0) is 55.2 Å². The fourth-order valence-corrected chi connectivity index (χ4v) is 4.16. The zero-order chi connectivity index (χ0) is 19.2. The summed E-state index contributed by atoms with van der Waals surface area (Å²) >= 11 is 0. The van der Waals surface area contributed by atoms with Crippen molar-refractivity contribution in [1.29, 1.82) is 0 Å². The van der Waals surface area contributed by atoms with Crippen molar-refractivity contribution >= 4 is 17.4 Å². The lowest BCUT2D eigenvalue weighted by Crippen LogP contribution is -2.44. The van der Waals surface area contributed by atoms with Crippen LogP contribution in [0.4, 0.5) is 5.69 Å². The molecule has 1 spiro atoms. The molecule has 0 atom stereocenters. The molecule has 2 aliphatic rings. The minimum absolute atomic E-state index is 0.0216. The number of methoxy groups -OCH3 is 2. The highest BCUT2D eigenvalue weighted by molar-refractivity contribution is 6.11. The first-order valence-electron chi connectivity index (χ1n) is 9.18. The second-order valence-electron chi connectivity index (χ2n) is 7.31. The number of benzene rings is 2. The van der Waals surface area contributed by atoms with Gasteiger partial charge in [0.05, 0.1) is 31.9 Å². The van der Waals surface area contributed by atoms with Crippen LogP contribution < -0.4 is 14.4 Å². The van der Waals surface area contributed by atoms with Crippen molar-refractivity contribution in [3.63, 3.8) is 0 Å². The molecule has 5 heteroatoms. The van der Waals surface area contributed by atoms with E-state index in [1.54, 1.807) is 27.2 Å². The Morgan fingerprint density at radius 1 is 1.11 bits per heavy atom. The van der Waals surface area contributed by atoms with Gasteiger partial charge in [-0.3, -0.25) is 9.59 Å². The van der Waals surface area contributed by atoms with Gasteiger partial charge in [-0.15, -0.1) is 0 Å². The van der Waals surface area contributed by atoms with E-state index >= 15 is 0 Å². The molecule has 1 heterocycles. The molecular formula is C22H23NO4. The van der Waals surface area contributed by atoms with E-state index in [1.165, 1.54) is 0 Å². The molecule has 1 amide bonds. The molecule has 140 valence electrons. The van der Waals surface area contributed by atoms with Crippen molar-refractivity contribution < 1.29 is 19.1 Å². The Bertz CT molecular complexity index is 913. The van der Waals surface area contributed by atoms with E-state index < -0.39 is 5.41 Å². The van der Waals surface area contributed by atoms with E-state index in [1.807, 2.05) is 35.2 Å². The van der Waals surface area contributed by atoms with E-state index in [0.29, 0.717) is 17.9 Å². The quantitative estimate of drug-likeness (QED) is 0.755. The van der Waals surface area contributed by atoms with Gasteiger partial charge in [-0.25, -0.2) is 0 Å². The molecule has 0 radical (unpaired) electrons. The number of nitrogens with zero attached hydrogens (tertiary/aromatic N) is 1. The minimum atomic E-state index is -0.499. The Morgan fingerprint density at radius 3 is 2.33 bits per heavy atom. The van der Waals surface area contributed by atoms with Crippen molar-refractivity contribution in [3.8, 4) is 11.5 Å². The van der Waals surface area contributed by atoms with Gasteiger partial charge in [0.15, 0.2) is 5.78 Å². The number of hydrogen-bond acceptors (Lipinski definition) is 4. The summed E-state index contributed by atoms with van der Waals surface area (Å²) in [6, 6.07) is 11.4. The fraction of sp³-hybridized carbons (Fsp3) is 0.364. The number of Topliss-reactive ketones (excluding diaryl/α,β-unsaturated/α-hetero) is 1. The Kier molecular flexibility index (Phi) is 4.17. The molecule has 5 nitrogen and oxygen atoms in total. The van der Waals surface area contributed by atoms with Crippen molar-refractivity contribution in [2.24, 2.45) is 0 Å². The van der Waals surface area contributed by atoms with E-state index in [-0.39, 0.29) is 11.7 Å². The SMILES string of the molecule is COc1ccc(CN2C(=O)C3(CCC3)c3cc(C(C)=O)cc(OC)c32)cc1. The molecule has 2 aromatic carbocycles. The van der Waals surface area contributed by atoms with Crippen LogP contribution in [-0.2, 0) is 16.8 Å². The van der Waals surface area contributed by atoms with Crippen LogP contribution in [0.5, 0.6) is 11.5 Å². The summed E-state index contributed by atoms with van der Waals surface area (Å²) in [6.45, 7) is 2.01. The van der Waals surface area contributed by atoms with Gasteiger partial charge in [0.1, 0.15) is 11.5 Å². The number of rotatable bonds is 5. The van der Waals surface area contributed by atoms with Crippen LogP contribution in [0, 0.1) is 0 Å². The molecule has 1 aliphatic heterocycles. The number of carbonyl (C=O) groups excluding carboxylic acids is 2. The van der Waals surface area contributed by atoms with Crippen LogP contribution in [0.2, 0.25) is 0 Å². The first-order valence-corrected chi connectivity index (χ1v) is 9.18. The third-order valence-corrected chi connectivity index (χ3v) is 5.85. The third kappa shape index (κ3) is 2.60. The summed E-state index contributed by atoms with van der Waals surface area (Å²) in [6.07, 6.45) is 2.67. The molecule has 0 unspecified atom stereocenters. The maximum Gasteiger partial charge on any atom is 0.238 e. The molecule has 1 aliphatic carbocycles. The van der Waals surface area contributed by atoms with E-state index in [4.69, 9.17) is 9.47 Å². The predicted molar refractivity (Wildman–Crippen MR) is 103 cm³/mol. The lowest BCUT2D eigenvalue weighted by Gasteiger charge is -2.37. The summed E-state index contributed by atoms with van der Waals surface area (Å²) in [5.74, 6) is 1.46. The summed E-state index contributed by atoms with van der Waals surface area (Å²) in [4.78, 5) is 27.2. The zero-order valence-electron chi connectivity index (χ0n) is 15.9. The van der Waals surface area contributed by atoms with Crippen LogP contribution in [0.25, 0.3) is 0 Å². The largest absolute Gasteiger partial charge is 0.497 e. The molecular weight excluding hydrogens is 342 g/mol. The van der Waals surface area contributed by atoms with Gasteiger partial charge in [0.2, 0.25) is 5.91 Å². The Balaban J connectivity index is 1.80. The highest BCUT2D eigenvalue weighted by Gasteiger charge is 2.55. The summed E-state index contributed by atoms with van der Waals surface area (Å²) < 4.78 is 10.8. The lowest BCUT2D eigenvalue weighted by atomic mass is 9.65. The molecule has 0 saturated heterocycles. The van der Waals surface area contributed by atoms with E-state index in [9.17, 15) is 9.59 Å². The monoisotopic (exact) mass is 365 g/mol. The van der Waals surface area contributed by atoms with Crippen LogP contribution in [-0.4, -0.2) is 25.9 Å². The second kappa shape index (κ2) is 6.41. The van der Waals surface area contributed by atoms with E-state index in [0.717, 1.165) is 41.8 Å². The van der Waals surface area contributed by atoms with Crippen LogP contribution in [0.15, 0.2) is 36.4 Å².